The van der Waals surface area contributed by atoms with Gasteiger partial charge in [-0.05, 0) is 128 Å². The van der Waals surface area contributed by atoms with E-state index in [2.05, 4.69) is 32.8 Å². The first-order valence-electron chi connectivity index (χ1n) is 24.1. The van der Waals surface area contributed by atoms with Crippen LogP contribution in [0.1, 0.15) is 80.6 Å². The van der Waals surface area contributed by atoms with Crippen molar-refractivity contribution in [3.8, 4) is 16.9 Å². The fourth-order valence-corrected chi connectivity index (χ4v) is 10.5. The highest BCUT2D eigenvalue weighted by atomic mass is 19.4. The van der Waals surface area contributed by atoms with Crippen molar-refractivity contribution in [2.45, 2.75) is 63.2 Å². The van der Waals surface area contributed by atoms with E-state index in [-0.39, 0.29) is 58.8 Å². The lowest BCUT2D eigenvalue weighted by molar-refractivity contribution is -0.138. The molecule has 0 bridgehead atoms. The van der Waals surface area contributed by atoms with Crippen molar-refractivity contribution >= 4 is 51.3 Å². The number of para-hydroxylation sites is 1. The second kappa shape index (κ2) is 19.6. The molecule has 16 nitrogen and oxygen atoms in total. The number of hydrogen-bond donors (Lipinski definition) is 3. The van der Waals surface area contributed by atoms with Gasteiger partial charge in [0.1, 0.15) is 18.2 Å². The molecule has 2 aliphatic rings. The van der Waals surface area contributed by atoms with Crippen molar-refractivity contribution in [2.24, 2.45) is 19.8 Å². The number of carbonyl (C=O) groups is 4. The number of aryl methyl sites for hydroxylation is 4. The minimum Gasteiger partial charge on any atom is -0.366 e. The number of primary amides is 1. The Labute approximate surface area is 419 Å². The van der Waals surface area contributed by atoms with E-state index in [4.69, 9.17) is 5.73 Å². The molecule has 0 radical (unpaired) electrons. The Morgan fingerprint density at radius 3 is 2.23 bits per heavy atom. The van der Waals surface area contributed by atoms with Gasteiger partial charge in [0.05, 0.1) is 38.9 Å². The summed E-state index contributed by atoms with van der Waals surface area (Å²) in [5.41, 5.74) is 9.13. The predicted molar refractivity (Wildman–Crippen MR) is 268 cm³/mol. The first kappa shape index (κ1) is 49.2. The van der Waals surface area contributed by atoms with E-state index in [0.717, 1.165) is 73.4 Å². The number of alkyl halides is 3. The van der Waals surface area contributed by atoms with Crippen LogP contribution in [0.25, 0.3) is 38.9 Å². The zero-order chi connectivity index (χ0) is 52.2. The first-order chi connectivity index (χ1) is 35.4. The number of carbonyl (C=O) groups excluding carboxylic acids is 4. The quantitative estimate of drug-likeness (QED) is 0.0812. The number of rotatable bonds is 13. The molecular weight excluding hydrogens is 961 g/mol. The van der Waals surface area contributed by atoms with Crippen LogP contribution in [0.5, 0.6) is 0 Å². The second-order valence-corrected chi connectivity index (χ2v) is 18.9. The fourth-order valence-electron chi connectivity index (χ4n) is 10.5. The van der Waals surface area contributed by atoms with Crippen molar-refractivity contribution < 1.29 is 36.7 Å². The number of likely N-dealkylation sites (tertiary alicyclic amines) is 1. The molecule has 3 aromatic heterocycles. The number of nitrogens with zero attached hydrogens (tertiary/aromatic N) is 7. The van der Waals surface area contributed by atoms with Gasteiger partial charge in [0, 0.05) is 50.4 Å². The molecule has 1 unspecified atom stereocenters. The third-order valence-corrected chi connectivity index (χ3v) is 14.4. The highest BCUT2D eigenvalue weighted by Crippen LogP contribution is 2.38. The Kier molecular flexibility index (Phi) is 13.0. The van der Waals surface area contributed by atoms with E-state index >= 15 is 0 Å². The number of halogens is 4. The van der Waals surface area contributed by atoms with Gasteiger partial charge in [0.25, 0.3) is 11.8 Å². The summed E-state index contributed by atoms with van der Waals surface area (Å²) in [5, 5.41) is 9.06. The van der Waals surface area contributed by atoms with Crippen molar-refractivity contribution in [3.05, 3.63) is 170 Å². The molecule has 5 heterocycles. The van der Waals surface area contributed by atoms with Gasteiger partial charge in [-0.25, -0.2) is 23.2 Å². The topological polar surface area (TPSA) is 193 Å². The van der Waals surface area contributed by atoms with Crippen LogP contribution in [0, 0.1) is 5.82 Å². The maximum Gasteiger partial charge on any atom is 0.416 e. The number of amides is 4. The standard InChI is InChI=1S/C54H50F4N10O6/c1-63-48-35(4-3-5-43(48)68(52(63)73)44-16-17-46(69)62-51(44)72)21-24-65-22-19-33(20-23-65)32-8-6-31(7-9-32)18-25-66-45(34-10-13-39(14-11-34)67-30-60-64(2)53(67)74)27-36-26-37(54(56,57)58)28-41(47(36)66)50(71)61-38-12-15-42(55)40(29-38)49(59)70/h3-15,26-30,33,44H,16-25H2,1-2H3,(H2,59,70)(H,61,71)(H,62,69,72). The smallest absolute Gasteiger partial charge is 0.366 e. The molecule has 4 amide bonds. The van der Waals surface area contributed by atoms with Crippen LogP contribution in [0.4, 0.5) is 23.2 Å². The van der Waals surface area contributed by atoms with E-state index in [1.807, 2.05) is 30.3 Å². The monoisotopic (exact) mass is 1010 g/mol. The molecule has 2 fully saturated rings. The summed E-state index contributed by atoms with van der Waals surface area (Å²) < 4.78 is 65.4. The van der Waals surface area contributed by atoms with Crippen LogP contribution in [0.15, 0.2) is 119 Å². The van der Waals surface area contributed by atoms with Crippen LogP contribution in [-0.4, -0.2) is 76.2 Å². The molecule has 2 aliphatic heterocycles. The molecule has 4 N–H and O–H groups in total. The molecule has 0 aliphatic carbocycles. The zero-order valence-electron chi connectivity index (χ0n) is 40.3. The van der Waals surface area contributed by atoms with Gasteiger partial charge in [-0.15, -0.1) is 0 Å². The average Bonchev–Trinajstić information content (AvgIpc) is 4.02. The molecule has 10 rings (SSSR count). The molecule has 20 heteroatoms. The highest BCUT2D eigenvalue weighted by molar-refractivity contribution is 6.13. The largest absolute Gasteiger partial charge is 0.416 e. The number of anilines is 1. The predicted octanol–water partition coefficient (Wildman–Crippen LogP) is 7.00. The van der Waals surface area contributed by atoms with E-state index < -0.39 is 46.9 Å². The Bertz CT molecular complexity index is 3650. The number of imide groups is 1. The number of aromatic nitrogens is 6. The summed E-state index contributed by atoms with van der Waals surface area (Å²) in [6, 6.07) is 26.6. The molecule has 8 aromatic rings. The number of hydrogen-bond acceptors (Lipinski definition) is 8. The van der Waals surface area contributed by atoms with E-state index in [9.17, 15) is 46.3 Å². The number of benzene rings is 5. The van der Waals surface area contributed by atoms with Gasteiger partial charge in [0.15, 0.2) is 0 Å². The molecule has 5 aromatic carbocycles. The molecule has 2 saturated heterocycles. The van der Waals surface area contributed by atoms with E-state index in [1.54, 1.807) is 46.5 Å². The summed E-state index contributed by atoms with van der Waals surface area (Å²) in [6.07, 6.45) is -0.0481. The van der Waals surface area contributed by atoms with Crippen LogP contribution in [0.3, 0.4) is 0 Å². The second-order valence-electron chi connectivity index (χ2n) is 18.9. The third-order valence-electron chi connectivity index (χ3n) is 14.4. The lowest BCUT2D eigenvalue weighted by atomic mass is 9.88. The lowest BCUT2D eigenvalue weighted by Gasteiger charge is -2.32. The summed E-state index contributed by atoms with van der Waals surface area (Å²) in [5.74, 6) is -3.45. The Morgan fingerprint density at radius 2 is 1.55 bits per heavy atom. The number of imidazole rings is 1. The Balaban J connectivity index is 0.879. The number of fused-ring (bicyclic) bond motifs is 2. The Morgan fingerprint density at radius 1 is 0.811 bits per heavy atom. The summed E-state index contributed by atoms with van der Waals surface area (Å²) in [6.45, 7) is 2.73. The zero-order valence-corrected chi connectivity index (χ0v) is 40.3. The van der Waals surface area contributed by atoms with Gasteiger partial charge in [-0.2, -0.15) is 18.3 Å². The molecule has 380 valence electrons. The summed E-state index contributed by atoms with van der Waals surface area (Å²) in [7, 11) is 3.23. The molecule has 1 atom stereocenters. The maximum atomic E-state index is 14.5. The minimum atomic E-state index is -4.83. The minimum absolute atomic E-state index is 0.0514. The number of piperidine rings is 2. The van der Waals surface area contributed by atoms with Gasteiger partial charge in [-0.1, -0.05) is 48.5 Å². The summed E-state index contributed by atoms with van der Waals surface area (Å²) in [4.78, 5) is 79.2. The van der Waals surface area contributed by atoms with E-state index in [0.29, 0.717) is 41.2 Å². The van der Waals surface area contributed by atoms with E-state index in [1.165, 1.54) is 38.8 Å². The number of nitrogens with one attached hydrogen (secondary N) is 2. The Hall–Kier alpha value is -8.39. The molecule has 0 spiro atoms. The van der Waals surface area contributed by atoms with Crippen molar-refractivity contribution in [1.82, 2.24) is 38.3 Å². The van der Waals surface area contributed by atoms with Crippen molar-refractivity contribution in [1.29, 1.82) is 0 Å². The van der Waals surface area contributed by atoms with Crippen molar-refractivity contribution in [3.63, 3.8) is 0 Å². The SMILES string of the molecule is Cn1ncn(-c2ccc(-c3cc4cc(C(F)(F)F)cc(C(=O)Nc5ccc(F)c(C(N)=O)c5)c4n3CCc3ccc(C4CCN(CCc5cccc6c5n(C)c(=O)n6C5CCC(=O)NC5=O)CC4)cc3)cc2)c1=O. The molecular formula is C54H50F4N10O6. The fraction of sp³-hybridized carbons (Fsp3) is 0.278. The normalized spacial score (nSPS) is 15.8. The maximum absolute atomic E-state index is 14.5. The molecule has 74 heavy (non-hydrogen) atoms. The van der Waals surface area contributed by atoms with Gasteiger partial charge in [0.2, 0.25) is 11.8 Å². The molecule has 0 saturated carbocycles. The average molecular weight is 1010 g/mol. The first-order valence-corrected chi connectivity index (χ1v) is 24.1. The van der Waals surface area contributed by atoms with Crippen LogP contribution in [-0.2, 0) is 49.2 Å². The van der Waals surface area contributed by atoms with Gasteiger partial charge >= 0.3 is 17.6 Å². The summed E-state index contributed by atoms with van der Waals surface area (Å²) >= 11 is 0. The van der Waals surface area contributed by atoms with Crippen LogP contribution in [0.2, 0.25) is 0 Å². The van der Waals surface area contributed by atoms with Crippen LogP contribution < -0.4 is 27.7 Å². The number of nitrogens with two attached hydrogens (primary N) is 1. The highest BCUT2D eigenvalue weighted by Gasteiger charge is 2.34. The van der Waals surface area contributed by atoms with Crippen molar-refractivity contribution in [2.75, 3.05) is 25.0 Å². The third kappa shape index (κ3) is 9.43. The van der Waals surface area contributed by atoms with Crippen LogP contribution >= 0.6 is 0 Å². The lowest BCUT2D eigenvalue weighted by Crippen LogP contribution is -2.44. The van der Waals surface area contributed by atoms with Gasteiger partial charge < -0.3 is 20.5 Å². The van der Waals surface area contributed by atoms with Gasteiger partial charge in [-0.3, -0.25) is 33.6 Å².